The van der Waals surface area contributed by atoms with E-state index in [4.69, 9.17) is 9.47 Å². The third-order valence-corrected chi connectivity index (χ3v) is 3.92. The van der Waals surface area contributed by atoms with Crippen molar-refractivity contribution in [2.75, 3.05) is 13.2 Å². The average molecular weight is 317 g/mol. The Labute approximate surface area is 141 Å². The van der Waals surface area contributed by atoms with Gasteiger partial charge >= 0.3 is 0 Å². The molecule has 0 aliphatic heterocycles. The Morgan fingerprint density at radius 3 is 1.00 bits per heavy atom. The second kappa shape index (κ2) is 17.3. The molecule has 0 aromatic rings. The van der Waals surface area contributed by atoms with Crippen molar-refractivity contribution in [1.82, 2.24) is 0 Å². The van der Waals surface area contributed by atoms with Crippen LogP contribution >= 0.6 is 0 Å². The van der Waals surface area contributed by atoms with Crippen LogP contribution in [0.5, 0.6) is 0 Å². The Kier molecular flexibility index (Phi) is 19.0. The minimum Gasteiger partial charge on any atom is -0.378 e. The van der Waals surface area contributed by atoms with Gasteiger partial charge in [-0.1, -0.05) is 55.4 Å². The maximum atomic E-state index is 5.65. The Morgan fingerprint density at radius 2 is 0.818 bits per heavy atom. The molecule has 0 atom stereocenters. The van der Waals surface area contributed by atoms with Crippen LogP contribution in [0.4, 0.5) is 0 Å². The number of hydrogen-bond acceptors (Lipinski definition) is 2. The molecule has 0 amide bonds. The molecule has 0 saturated carbocycles. The first kappa shape index (κ1) is 24.2. The normalized spacial score (nSPS) is 11.5. The van der Waals surface area contributed by atoms with Gasteiger partial charge in [-0.15, -0.1) is 0 Å². The quantitative estimate of drug-likeness (QED) is 0.410. The maximum Gasteiger partial charge on any atom is 0.0569 e. The largest absolute Gasteiger partial charge is 0.378 e. The monoisotopic (exact) mass is 316 g/mol. The molecule has 0 rings (SSSR count). The summed E-state index contributed by atoms with van der Waals surface area (Å²) in [7, 11) is 0. The smallest absolute Gasteiger partial charge is 0.0569 e. The standard InChI is InChI=1S/2C10H22O/c2*1-5-10(6-2)11-8-7-9(3)4/h2*9-10H,5-8H2,1-4H3. The predicted octanol–water partition coefficient (Wildman–Crippen LogP) is 6.48. The Morgan fingerprint density at radius 1 is 0.545 bits per heavy atom. The zero-order valence-electron chi connectivity index (χ0n) is 16.8. The molecule has 0 N–H and O–H groups in total. The van der Waals surface area contributed by atoms with E-state index >= 15 is 0 Å². The van der Waals surface area contributed by atoms with Crippen LogP contribution in [0.2, 0.25) is 0 Å². The van der Waals surface area contributed by atoms with Crippen LogP contribution < -0.4 is 0 Å². The van der Waals surface area contributed by atoms with E-state index < -0.39 is 0 Å². The van der Waals surface area contributed by atoms with Gasteiger partial charge in [0.2, 0.25) is 0 Å². The lowest BCUT2D eigenvalue weighted by atomic mass is 10.1. The summed E-state index contributed by atoms with van der Waals surface area (Å²) in [5.74, 6) is 1.54. The van der Waals surface area contributed by atoms with Crippen molar-refractivity contribution in [3.05, 3.63) is 0 Å². The van der Waals surface area contributed by atoms with Gasteiger partial charge in [0.15, 0.2) is 0 Å². The van der Waals surface area contributed by atoms with Gasteiger partial charge in [0.05, 0.1) is 12.2 Å². The van der Waals surface area contributed by atoms with Crippen LogP contribution in [0.15, 0.2) is 0 Å². The maximum absolute atomic E-state index is 5.65. The first-order valence-corrected chi connectivity index (χ1v) is 9.64. The molecule has 0 aromatic carbocycles. The lowest BCUT2D eigenvalue weighted by Gasteiger charge is -2.14. The highest BCUT2D eigenvalue weighted by Crippen LogP contribution is 2.07. The summed E-state index contributed by atoms with van der Waals surface area (Å²) in [6, 6.07) is 0. The molecule has 0 aliphatic rings. The van der Waals surface area contributed by atoms with Crippen LogP contribution in [0.3, 0.4) is 0 Å². The van der Waals surface area contributed by atoms with Crippen molar-refractivity contribution < 1.29 is 9.47 Å². The average Bonchev–Trinajstić information content (AvgIpc) is 2.48. The zero-order valence-corrected chi connectivity index (χ0v) is 16.8. The summed E-state index contributed by atoms with van der Waals surface area (Å²) in [5.41, 5.74) is 0. The van der Waals surface area contributed by atoms with Crippen LogP contribution in [0.25, 0.3) is 0 Å². The van der Waals surface area contributed by atoms with Crippen molar-refractivity contribution in [1.29, 1.82) is 0 Å². The van der Waals surface area contributed by atoms with Gasteiger partial charge < -0.3 is 9.47 Å². The van der Waals surface area contributed by atoms with Gasteiger partial charge in [0, 0.05) is 13.2 Å². The van der Waals surface area contributed by atoms with Gasteiger partial charge in [0.25, 0.3) is 0 Å². The SMILES string of the molecule is CCC(CC)OCCC(C)C.CCC(CC)OCCC(C)C. The first-order valence-electron chi connectivity index (χ1n) is 9.64. The molecule has 0 spiro atoms. The van der Waals surface area contributed by atoms with Crippen molar-refractivity contribution in [2.45, 2.75) is 106 Å². The second-order valence-electron chi connectivity index (χ2n) is 6.98. The first-order chi connectivity index (χ1) is 10.4. The van der Waals surface area contributed by atoms with Gasteiger partial charge in [-0.2, -0.15) is 0 Å². The topological polar surface area (TPSA) is 18.5 Å². The molecule has 0 heterocycles. The Bertz CT molecular complexity index is 172. The summed E-state index contributed by atoms with van der Waals surface area (Å²) in [5, 5.41) is 0. The number of rotatable bonds is 12. The lowest BCUT2D eigenvalue weighted by molar-refractivity contribution is 0.0417. The molecular formula is C20H44O2. The fourth-order valence-corrected chi connectivity index (χ4v) is 1.99. The van der Waals surface area contributed by atoms with Crippen molar-refractivity contribution in [3.63, 3.8) is 0 Å². The fraction of sp³-hybridized carbons (Fsp3) is 1.00. The molecular weight excluding hydrogens is 272 g/mol. The highest BCUT2D eigenvalue weighted by Gasteiger charge is 2.03. The molecule has 0 bridgehead atoms. The fourth-order valence-electron chi connectivity index (χ4n) is 1.99. The van der Waals surface area contributed by atoms with Crippen molar-refractivity contribution >= 4 is 0 Å². The molecule has 136 valence electrons. The summed E-state index contributed by atoms with van der Waals surface area (Å²) >= 11 is 0. The minimum absolute atomic E-state index is 0.494. The van der Waals surface area contributed by atoms with Crippen LogP contribution in [0, 0.1) is 11.8 Å². The van der Waals surface area contributed by atoms with Crippen molar-refractivity contribution in [3.8, 4) is 0 Å². The van der Waals surface area contributed by atoms with Crippen LogP contribution in [0.1, 0.15) is 93.9 Å². The van der Waals surface area contributed by atoms with Crippen molar-refractivity contribution in [2.24, 2.45) is 11.8 Å². The molecule has 0 saturated heterocycles. The third kappa shape index (κ3) is 18.0. The van der Waals surface area contributed by atoms with E-state index in [1.165, 1.54) is 12.8 Å². The zero-order chi connectivity index (χ0) is 17.4. The summed E-state index contributed by atoms with van der Waals surface area (Å²) in [4.78, 5) is 0. The molecule has 0 radical (unpaired) electrons. The molecule has 0 unspecified atom stereocenters. The van der Waals surface area contributed by atoms with E-state index in [1.807, 2.05) is 0 Å². The van der Waals surface area contributed by atoms with Gasteiger partial charge in [-0.25, -0.2) is 0 Å². The summed E-state index contributed by atoms with van der Waals surface area (Å²) in [6.07, 6.45) is 7.96. The highest BCUT2D eigenvalue weighted by atomic mass is 16.5. The van der Waals surface area contributed by atoms with E-state index in [9.17, 15) is 0 Å². The van der Waals surface area contributed by atoms with Crippen LogP contribution in [-0.2, 0) is 9.47 Å². The van der Waals surface area contributed by atoms with E-state index in [0.29, 0.717) is 12.2 Å². The Balaban J connectivity index is 0. The van der Waals surface area contributed by atoms with Crippen LogP contribution in [-0.4, -0.2) is 25.4 Å². The second-order valence-corrected chi connectivity index (χ2v) is 6.98. The summed E-state index contributed by atoms with van der Waals surface area (Å²) in [6.45, 7) is 19.5. The predicted molar refractivity (Wildman–Crippen MR) is 99.6 cm³/mol. The molecule has 0 aliphatic carbocycles. The van der Waals surface area contributed by atoms with E-state index in [-0.39, 0.29) is 0 Å². The lowest BCUT2D eigenvalue weighted by Crippen LogP contribution is -2.12. The highest BCUT2D eigenvalue weighted by molar-refractivity contribution is 4.52. The van der Waals surface area contributed by atoms with Gasteiger partial charge in [-0.05, 0) is 50.4 Å². The Hall–Kier alpha value is -0.0800. The molecule has 2 nitrogen and oxygen atoms in total. The van der Waals surface area contributed by atoms with Gasteiger partial charge in [-0.3, -0.25) is 0 Å². The molecule has 0 aromatic heterocycles. The minimum atomic E-state index is 0.494. The van der Waals surface area contributed by atoms with E-state index in [0.717, 1.165) is 50.7 Å². The van der Waals surface area contributed by atoms with E-state index in [2.05, 4.69) is 55.4 Å². The number of hydrogen-bond donors (Lipinski definition) is 0. The third-order valence-electron chi connectivity index (χ3n) is 3.92. The van der Waals surface area contributed by atoms with Gasteiger partial charge in [0.1, 0.15) is 0 Å². The molecule has 2 heteroatoms. The van der Waals surface area contributed by atoms with E-state index in [1.54, 1.807) is 0 Å². The number of ether oxygens (including phenoxy) is 2. The molecule has 22 heavy (non-hydrogen) atoms. The summed E-state index contributed by atoms with van der Waals surface area (Å²) < 4.78 is 11.3. The molecule has 0 fully saturated rings.